The first kappa shape index (κ1) is 12.9. The Balaban J connectivity index is 2.42. The summed E-state index contributed by atoms with van der Waals surface area (Å²) in [5.41, 5.74) is 1.39. The van der Waals surface area contributed by atoms with Crippen LogP contribution in [0.2, 0.25) is 0 Å². The third-order valence-corrected chi connectivity index (χ3v) is 3.24. The van der Waals surface area contributed by atoms with Gasteiger partial charge in [0.1, 0.15) is 0 Å². The summed E-state index contributed by atoms with van der Waals surface area (Å²) < 4.78 is 0. The van der Waals surface area contributed by atoms with Crippen LogP contribution in [0, 0.1) is 0 Å². The Bertz CT molecular complexity index is 269. The molecule has 0 amide bonds. The summed E-state index contributed by atoms with van der Waals surface area (Å²) in [6.45, 7) is 5.44. The van der Waals surface area contributed by atoms with E-state index in [0.29, 0.717) is 5.25 Å². The van der Waals surface area contributed by atoms with Gasteiger partial charge in [0.05, 0.1) is 0 Å². The minimum absolute atomic E-state index is 0.654. The van der Waals surface area contributed by atoms with Gasteiger partial charge in [0.15, 0.2) is 0 Å². The van der Waals surface area contributed by atoms with E-state index in [1.54, 1.807) is 0 Å². The van der Waals surface area contributed by atoms with Crippen LogP contribution in [-0.2, 0) is 6.42 Å². The Hall–Kier alpha value is -0.120. The van der Waals surface area contributed by atoms with Crippen LogP contribution in [0.3, 0.4) is 0 Å². The number of thiol groups is 1. The van der Waals surface area contributed by atoms with Crippen LogP contribution in [0.15, 0.2) is 29.2 Å². The monoisotopic (exact) mass is 241 g/mol. The van der Waals surface area contributed by atoms with Crippen LogP contribution in [0.4, 0.5) is 0 Å². The van der Waals surface area contributed by atoms with Gasteiger partial charge in [-0.2, -0.15) is 12.6 Å². The molecule has 84 valence electrons. The van der Waals surface area contributed by atoms with Crippen molar-refractivity contribution in [1.82, 2.24) is 5.32 Å². The number of rotatable bonds is 6. The Kier molecular flexibility index (Phi) is 6.22. The fraction of sp³-hybridized carbons (Fsp3) is 0.500. The minimum atomic E-state index is 0.654. The molecule has 1 aromatic rings. The van der Waals surface area contributed by atoms with Crippen LogP contribution in [0.25, 0.3) is 0 Å². The molecule has 0 aromatic heterocycles. The van der Waals surface area contributed by atoms with Crippen LogP contribution in [-0.4, -0.2) is 17.7 Å². The van der Waals surface area contributed by atoms with Crippen LogP contribution < -0.4 is 5.32 Å². The fourth-order valence-electron chi connectivity index (χ4n) is 1.32. The van der Waals surface area contributed by atoms with Gasteiger partial charge in [-0.15, -0.1) is 11.8 Å². The van der Waals surface area contributed by atoms with Gasteiger partial charge >= 0.3 is 0 Å². The van der Waals surface area contributed by atoms with Gasteiger partial charge < -0.3 is 5.32 Å². The molecular weight excluding hydrogens is 222 g/mol. The van der Waals surface area contributed by atoms with Gasteiger partial charge in [-0.1, -0.05) is 26.0 Å². The standard InChI is InChI=1S/C12H19NS2/c1-10(2)15-12-5-3-11(4-6-12)7-8-13-9-14/h3-6,10,13-14H,7-9H2,1-2H3. The zero-order valence-corrected chi connectivity index (χ0v) is 11.1. The maximum atomic E-state index is 4.11. The van der Waals surface area contributed by atoms with E-state index in [0.717, 1.165) is 18.8 Å². The molecule has 0 radical (unpaired) electrons. The van der Waals surface area contributed by atoms with Gasteiger partial charge in [-0.25, -0.2) is 0 Å². The Morgan fingerprint density at radius 1 is 1.27 bits per heavy atom. The lowest BCUT2D eigenvalue weighted by Gasteiger charge is -2.06. The van der Waals surface area contributed by atoms with Crippen molar-refractivity contribution in [2.75, 3.05) is 12.4 Å². The average molecular weight is 241 g/mol. The summed E-state index contributed by atoms with van der Waals surface area (Å²) in [6, 6.07) is 8.84. The number of hydrogen-bond acceptors (Lipinski definition) is 3. The molecule has 0 heterocycles. The van der Waals surface area contributed by atoms with E-state index in [1.165, 1.54) is 10.5 Å². The lowest BCUT2D eigenvalue weighted by atomic mass is 10.1. The van der Waals surface area contributed by atoms with Crippen molar-refractivity contribution < 1.29 is 0 Å². The van der Waals surface area contributed by atoms with E-state index < -0.39 is 0 Å². The lowest BCUT2D eigenvalue weighted by molar-refractivity contribution is 0.776. The molecule has 3 heteroatoms. The third kappa shape index (κ3) is 5.50. The highest BCUT2D eigenvalue weighted by molar-refractivity contribution is 7.99. The van der Waals surface area contributed by atoms with E-state index >= 15 is 0 Å². The molecule has 15 heavy (non-hydrogen) atoms. The van der Waals surface area contributed by atoms with Crippen LogP contribution in [0.1, 0.15) is 19.4 Å². The summed E-state index contributed by atoms with van der Waals surface area (Å²) in [5.74, 6) is 0.751. The smallest absolute Gasteiger partial charge is 0.0387 e. The SMILES string of the molecule is CC(C)Sc1ccc(CCNCS)cc1. The number of nitrogens with one attached hydrogen (secondary N) is 1. The normalized spacial score (nSPS) is 10.9. The zero-order chi connectivity index (χ0) is 11.1. The quantitative estimate of drug-likeness (QED) is 0.343. The van der Waals surface area contributed by atoms with Crippen molar-refractivity contribution in [3.8, 4) is 0 Å². The molecule has 0 fully saturated rings. The van der Waals surface area contributed by atoms with Crippen molar-refractivity contribution >= 4 is 24.4 Å². The molecule has 1 N–H and O–H groups in total. The highest BCUT2D eigenvalue weighted by atomic mass is 32.2. The fourth-order valence-corrected chi connectivity index (χ4v) is 2.31. The second-order valence-corrected chi connectivity index (χ2v) is 5.68. The Labute approximate surface area is 102 Å². The molecule has 0 unspecified atom stereocenters. The molecule has 0 bridgehead atoms. The first-order chi connectivity index (χ1) is 7.22. The lowest BCUT2D eigenvalue weighted by Crippen LogP contribution is -2.14. The largest absolute Gasteiger partial charge is 0.308 e. The maximum Gasteiger partial charge on any atom is 0.0387 e. The molecule has 1 nitrogen and oxygen atoms in total. The Morgan fingerprint density at radius 3 is 2.47 bits per heavy atom. The van der Waals surface area contributed by atoms with Crippen molar-refractivity contribution in [2.24, 2.45) is 0 Å². The molecule has 0 aliphatic carbocycles. The predicted octanol–water partition coefficient (Wildman–Crippen LogP) is 3.21. The first-order valence-electron chi connectivity index (χ1n) is 5.29. The van der Waals surface area contributed by atoms with Gasteiger partial charge in [-0.3, -0.25) is 0 Å². The summed E-state index contributed by atoms with van der Waals surface area (Å²) in [4.78, 5) is 1.36. The average Bonchev–Trinajstić information content (AvgIpc) is 2.20. The van der Waals surface area contributed by atoms with Crippen LogP contribution >= 0.6 is 24.4 Å². The summed E-state index contributed by atoms with van der Waals surface area (Å²) >= 11 is 6.01. The van der Waals surface area contributed by atoms with Gasteiger partial charge in [-0.05, 0) is 30.7 Å². The van der Waals surface area contributed by atoms with Crippen molar-refractivity contribution in [3.05, 3.63) is 29.8 Å². The summed E-state index contributed by atoms with van der Waals surface area (Å²) in [6.07, 6.45) is 1.08. The second kappa shape index (κ2) is 7.20. The minimum Gasteiger partial charge on any atom is -0.308 e. The maximum absolute atomic E-state index is 4.11. The van der Waals surface area contributed by atoms with Crippen molar-refractivity contribution in [2.45, 2.75) is 30.4 Å². The molecule has 0 aliphatic rings. The third-order valence-electron chi connectivity index (χ3n) is 2.00. The molecule has 1 aromatic carbocycles. The molecule has 0 aliphatic heterocycles. The van der Waals surface area contributed by atoms with E-state index in [2.05, 4.69) is 56.1 Å². The first-order valence-corrected chi connectivity index (χ1v) is 6.80. The Morgan fingerprint density at radius 2 is 1.93 bits per heavy atom. The van der Waals surface area contributed by atoms with E-state index in [4.69, 9.17) is 0 Å². The highest BCUT2D eigenvalue weighted by Crippen LogP contribution is 2.22. The van der Waals surface area contributed by atoms with E-state index in [-0.39, 0.29) is 0 Å². The highest BCUT2D eigenvalue weighted by Gasteiger charge is 1.98. The zero-order valence-electron chi connectivity index (χ0n) is 9.36. The summed E-state index contributed by atoms with van der Waals surface area (Å²) in [7, 11) is 0. The molecule has 0 atom stereocenters. The number of hydrogen-bond donors (Lipinski definition) is 2. The van der Waals surface area contributed by atoms with Gasteiger partial charge in [0.2, 0.25) is 0 Å². The molecule has 1 rings (SSSR count). The predicted molar refractivity (Wildman–Crippen MR) is 73.0 cm³/mol. The molecule has 0 saturated heterocycles. The number of benzene rings is 1. The van der Waals surface area contributed by atoms with Crippen molar-refractivity contribution in [1.29, 1.82) is 0 Å². The van der Waals surface area contributed by atoms with E-state index in [9.17, 15) is 0 Å². The molecular formula is C12H19NS2. The van der Waals surface area contributed by atoms with Crippen molar-refractivity contribution in [3.63, 3.8) is 0 Å². The van der Waals surface area contributed by atoms with Gasteiger partial charge in [0.25, 0.3) is 0 Å². The van der Waals surface area contributed by atoms with Crippen LogP contribution in [0.5, 0.6) is 0 Å². The van der Waals surface area contributed by atoms with Gasteiger partial charge in [0, 0.05) is 16.0 Å². The second-order valence-electron chi connectivity index (χ2n) is 3.72. The molecule has 0 spiro atoms. The summed E-state index contributed by atoms with van der Waals surface area (Å²) in [5, 5.41) is 3.86. The number of thioether (sulfide) groups is 1. The molecule has 0 saturated carbocycles. The van der Waals surface area contributed by atoms with E-state index in [1.807, 2.05) is 11.8 Å². The topological polar surface area (TPSA) is 12.0 Å².